The molecule has 0 bridgehead atoms. The lowest BCUT2D eigenvalue weighted by Gasteiger charge is -2.14. The minimum atomic E-state index is 0.235. The van der Waals surface area contributed by atoms with Crippen molar-refractivity contribution in [3.8, 4) is 5.75 Å². The van der Waals surface area contributed by atoms with E-state index in [4.69, 9.17) is 4.74 Å². The van der Waals surface area contributed by atoms with Crippen molar-refractivity contribution >= 4 is 0 Å². The van der Waals surface area contributed by atoms with Crippen LogP contribution in [0.25, 0.3) is 0 Å². The molecule has 0 aromatic heterocycles. The summed E-state index contributed by atoms with van der Waals surface area (Å²) in [5, 5.41) is 3.41. The highest BCUT2D eigenvalue weighted by molar-refractivity contribution is 5.36. The molecule has 0 fully saturated rings. The summed E-state index contributed by atoms with van der Waals surface area (Å²) in [5.41, 5.74) is 2.51. The number of hydrogen-bond donors (Lipinski definition) is 1. The Hall–Kier alpha value is -1.02. The number of benzene rings is 1. The molecule has 0 amide bonds. The molecule has 0 aliphatic carbocycles. The predicted octanol–water partition coefficient (Wildman–Crippen LogP) is 3.28. The predicted molar refractivity (Wildman–Crippen MR) is 68.9 cm³/mol. The van der Waals surface area contributed by atoms with Gasteiger partial charge in [-0.2, -0.15) is 0 Å². The van der Waals surface area contributed by atoms with E-state index >= 15 is 0 Å². The van der Waals surface area contributed by atoms with Crippen molar-refractivity contribution in [2.24, 2.45) is 0 Å². The zero-order valence-corrected chi connectivity index (χ0v) is 11.0. The van der Waals surface area contributed by atoms with E-state index in [0.717, 1.165) is 12.3 Å². The van der Waals surface area contributed by atoms with Crippen LogP contribution in [0.5, 0.6) is 5.75 Å². The Morgan fingerprint density at radius 2 is 1.88 bits per heavy atom. The van der Waals surface area contributed by atoms with Gasteiger partial charge < -0.3 is 10.1 Å². The smallest absolute Gasteiger partial charge is 0.122 e. The molecule has 0 aliphatic rings. The van der Waals surface area contributed by atoms with Crippen molar-refractivity contribution in [1.29, 1.82) is 0 Å². The van der Waals surface area contributed by atoms with E-state index in [1.54, 1.807) is 0 Å². The number of hydrogen-bond acceptors (Lipinski definition) is 2. The van der Waals surface area contributed by atoms with Gasteiger partial charge in [-0.15, -0.1) is 0 Å². The summed E-state index contributed by atoms with van der Waals surface area (Å²) in [5.74, 6) is 0.989. The highest BCUT2D eigenvalue weighted by Gasteiger charge is 2.03. The van der Waals surface area contributed by atoms with E-state index in [9.17, 15) is 0 Å². The minimum absolute atomic E-state index is 0.235. The van der Waals surface area contributed by atoms with Crippen LogP contribution >= 0.6 is 0 Å². The first-order valence-electron chi connectivity index (χ1n) is 5.98. The van der Waals surface area contributed by atoms with Gasteiger partial charge in [-0.1, -0.05) is 26.0 Å². The van der Waals surface area contributed by atoms with Crippen molar-refractivity contribution in [2.45, 2.75) is 53.3 Å². The van der Waals surface area contributed by atoms with Gasteiger partial charge in [0.15, 0.2) is 0 Å². The lowest BCUT2D eigenvalue weighted by atomic mass is 10.1. The standard InChI is InChI=1S/C14H23NO/c1-10(2)15-9-13-6-7-14(12(5)8-13)16-11(3)4/h6-8,10-11,15H,9H2,1-5H3. The summed E-state index contributed by atoms with van der Waals surface area (Å²) < 4.78 is 5.71. The van der Waals surface area contributed by atoms with Crippen molar-refractivity contribution in [3.63, 3.8) is 0 Å². The summed E-state index contributed by atoms with van der Waals surface area (Å²) in [6, 6.07) is 6.90. The van der Waals surface area contributed by atoms with Gasteiger partial charge in [0.1, 0.15) is 5.75 Å². The van der Waals surface area contributed by atoms with Crippen LogP contribution in [0.2, 0.25) is 0 Å². The Balaban J connectivity index is 2.67. The van der Waals surface area contributed by atoms with Gasteiger partial charge >= 0.3 is 0 Å². The zero-order valence-electron chi connectivity index (χ0n) is 11.0. The third-order valence-corrected chi connectivity index (χ3v) is 2.32. The fraction of sp³-hybridized carbons (Fsp3) is 0.571. The molecular formula is C14H23NO. The normalized spacial score (nSPS) is 11.2. The first-order valence-corrected chi connectivity index (χ1v) is 5.98. The Morgan fingerprint density at radius 3 is 2.38 bits per heavy atom. The van der Waals surface area contributed by atoms with E-state index in [2.05, 4.69) is 44.3 Å². The highest BCUT2D eigenvalue weighted by Crippen LogP contribution is 2.20. The Labute approximate surface area is 99.0 Å². The largest absolute Gasteiger partial charge is 0.491 e. The average molecular weight is 221 g/mol. The molecule has 0 saturated heterocycles. The molecule has 16 heavy (non-hydrogen) atoms. The number of ether oxygens (including phenoxy) is 1. The molecule has 1 aromatic carbocycles. The second kappa shape index (κ2) is 5.90. The third kappa shape index (κ3) is 4.23. The van der Waals surface area contributed by atoms with E-state index in [0.29, 0.717) is 6.04 Å². The fourth-order valence-corrected chi connectivity index (χ4v) is 1.53. The fourth-order valence-electron chi connectivity index (χ4n) is 1.53. The molecule has 2 heteroatoms. The number of aryl methyl sites for hydroxylation is 1. The van der Waals surface area contributed by atoms with Crippen molar-refractivity contribution in [2.75, 3.05) is 0 Å². The van der Waals surface area contributed by atoms with Crippen LogP contribution in [-0.2, 0) is 6.54 Å². The maximum Gasteiger partial charge on any atom is 0.122 e. The summed E-state index contributed by atoms with van der Waals surface area (Å²) in [4.78, 5) is 0. The van der Waals surface area contributed by atoms with Crippen molar-refractivity contribution in [1.82, 2.24) is 5.32 Å². The van der Waals surface area contributed by atoms with Crippen LogP contribution in [0.3, 0.4) is 0 Å². The molecule has 1 rings (SSSR count). The molecule has 0 spiro atoms. The molecule has 0 aliphatic heterocycles. The zero-order chi connectivity index (χ0) is 12.1. The Morgan fingerprint density at radius 1 is 1.19 bits per heavy atom. The van der Waals surface area contributed by atoms with Gasteiger partial charge in [-0.25, -0.2) is 0 Å². The van der Waals surface area contributed by atoms with Crippen molar-refractivity contribution < 1.29 is 4.74 Å². The van der Waals surface area contributed by atoms with E-state index in [-0.39, 0.29) is 6.10 Å². The van der Waals surface area contributed by atoms with Crippen LogP contribution in [0.1, 0.15) is 38.8 Å². The van der Waals surface area contributed by atoms with E-state index in [1.165, 1.54) is 11.1 Å². The monoisotopic (exact) mass is 221 g/mol. The molecular weight excluding hydrogens is 198 g/mol. The maximum absolute atomic E-state index is 5.71. The van der Waals surface area contributed by atoms with Crippen LogP contribution in [0.15, 0.2) is 18.2 Å². The van der Waals surface area contributed by atoms with Gasteiger partial charge in [-0.05, 0) is 38.0 Å². The quantitative estimate of drug-likeness (QED) is 0.824. The van der Waals surface area contributed by atoms with Crippen LogP contribution in [-0.4, -0.2) is 12.1 Å². The van der Waals surface area contributed by atoms with E-state index < -0.39 is 0 Å². The Kier molecular flexibility index (Phi) is 4.81. The summed E-state index contributed by atoms with van der Waals surface area (Å²) in [6.45, 7) is 11.4. The Bertz CT molecular complexity index is 332. The summed E-state index contributed by atoms with van der Waals surface area (Å²) in [7, 11) is 0. The first-order chi connectivity index (χ1) is 7.49. The molecule has 0 heterocycles. The van der Waals surface area contributed by atoms with Crippen LogP contribution < -0.4 is 10.1 Å². The summed E-state index contributed by atoms with van der Waals surface area (Å²) in [6.07, 6.45) is 0.235. The molecule has 0 saturated carbocycles. The maximum atomic E-state index is 5.71. The first kappa shape index (κ1) is 13.0. The molecule has 90 valence electrons. The van der Waals surface area contributed by atoms with Gasteiger partial charge in [0.2, 0.25) is 0 Å². The number of nitrogens with one attached hydrogen (secondary N) is 1. The van der Waals surface area contributed by atoms with E-state index in [1.807, 2.05) is 13.8 Å². The topological polar surface area (TPSA) is 21.3 Å². The number of rotatable bonds is 5. The molecule has 2 nitrogen and oxygen atoms in total. The van der Waals surface area contributed by atoms with Gasteiger partial charge in [0.25, 0.3) is 0 Å². The average Bonchev–Trinajstić information content (AvgIpc) is 2.18. The molecule has 1 N–H and O–H groups in total. The lowest BCUT2D eigenvalue weighted by Crippen LogP contribution is -2.21. The molecule has 0 radical (unpaired) electrons. The third-order valence-electron chi connectivity index (χ3n) is 2.32. The minimum Gasteiger partial charge on any atom is -0.491 e. The molecule has 0 atom stereocenters. The summed E-state index contributed by atoms with van der Waals surface area (Å²) >= 11 is 0. The second-order valence-electron chi connectivity index (χ2n) is 4.80. The van der Waals surface area contributed by atoms with Crippen LogP contribution in [0.4, 0.5) is 0 Å². The molecule has 0 unspecified atom stereocenters. The van der Waals surface area contributed by atoms with Crippen molar-refractivity contribution in [3.05, 3.63) is 29.3 Å². The second-order valence-corrected chi connectivity index (χ2v) is 4.80. The highest BCUT2D eigenvalue weighted by atomic mass is 16.5. The molecule has 1 aromatic rings. The van der Waals surface area contributed by atoms with Gasteiger partial charge in [0.05, 0.1) is 6.10 Å². The van der Waals surface area contributed by atoms with Crippen LogP contribution in [0, 0.1) is 6.92 Å². The lowest BCUT2D eigenvalue weighted by molar-refractivity contribution is 0.240. The van der Waals surface area contributed by atoms with Gasteiger partial charge in [0, 0.05) is 12.6 Å². The SMILES string of the molecule is Cc1cc(CNC(C)C)ccc1OC(C)C. The van der Waals surface area contributed by atoms with Gasteiger partial charge in [-0.3, -0.25) is 0 Å².